The second-order valence-corrected chi connectivity index (χ2v) is 14.3. The van der Waals surface area contributed by atoms with Crippen LogP contribution in [0.1, 0.15) is 124 Å². The van der Waals surface area contributed by atoms with Crippen molar-refractivity contribution in [3.8, 4) is 17.6 Å². The molecular weight excluding hydrogens is 692 g/mol. The standard InChI is InChI=1S/C42H62N2O10/c1-7-9-11-14-17-20-32(45)21-18-15-12-13-16-19-22-34(35(29-37(46)47)41(51)54-42(3,4)5)39(49)44-36(40(50)43-30-38(48)52-6)28-31-23-25-33(26-24-31)53-27-10-8-2/h19,22-26,34-36H,7,9,11-18,20-21,27-30H2,1-6H3,(H,43,50)(H,44,49)(H,46,47)/b22-19+/t34-,35+,36-/m0/s1. The number of esters is 2. The number of hydrogen-bond acceptors (Lipinski definition) is 9. The van der Waals surface area contributed by atoms with Gasteiger partial charge in [0.25, 0.3) is 0 Å². The van der Waals surface area contributed by atoms with Gasteiger partial charge in [-0.3, -0.25) is 28.8 Å². The first-order valence-electron chi connectivity index (χ1n) is 19.1. The molecule has 0 saturated heterocycles. The van der Waals surface area contributed by atoms with E-state index in [1.807, 2.05) is 0 Å². The highest BCUT2D eigenvalue weighted by atomic mass is 16.6. The minimum absolute atomic E-state index is 0.00161. The number of nitrogens with one attached hydrogen (secondary N) is 2. The molecule has 2 amide bonds. The van der Waals surface area contributed by atoms with Crippen LogP contribution in [0.15, 0.2) is 36.4 Å². The van der Waals surface area contributed by atoms with Crippen molar-refractivity contribution in [3.05, 3.63) is 42.0 Å². The van der Waals surface area contributed by atoms with Crippen molar-refractivity contribution in [1.29, 1.82) is 0 Å². The Bertz CT molecular complexity index is 1420. The molecule has 12 heteroatoms. The predicted molar refractivity (Wildman–Crippen MR) is 206 cm³/mol. The van der Waals surface area contributed by atoms with E-state index in [-0.39, 0.29) is 13.0 Å². The molecule has 3 N–H and O–H groups in total. The third kappa shape index (κ3) is 21.8. The predicted octanol–water partition coefficient (Wildman–Crippen LogP) is 6.28. The highest BCUT2D eigenvalue weighted by Gasteiger charge is 2.38. The molecular formula is C42H62N2O10. The minimum atomic E-state index is -1.40. The van der Waals surface area contributed by atoms with Crippen LogP contribution in [-0.4, -0.2) is 72.5 Å². The third-order valence-electron chi connectivity index (χ3n) is 8.44. The Balaban J connectivity index is 3.16. The zero-order valence-corrected chi connectivity index (χ0v) is 33.1. The fourth-order valence-corrected chi connectivity index (χ4v) is 5.54. The van der Waals surface area contributed by atoms with E-state index in [9.17, 15) is 33.9 Å². The molecule has 3 atom stereocenters. The lowest BCUT2D eigenvalue weighted by molar-refractivity contribution is -0.165. The minimum Gasteiger partial charge on any atom is -0.481 e. The molecule has 54 heavy (non-hydrogen) atoms. The number of aliphatic carboxylic acids is 1. The summed E-state index contributed by atoms with van der Waals surface area (Å²) in [5, 5.41) is 14.9. The molecule has 0 bridgehead atoms. The van der Waals surface area contributed by atoms with E-state index in [4.69, 9.17) is 9.47 Å². The Kier molecular flexibility index (Phi) is 23.7. The van der Waals surface area contributed by atoms with Gasteiger partial charge in [0.15, 0.2) is 0 Å². The molecule has 0 unspecified atom stereocenters. The van der Waals surface area contributed by atoms with Gasteiger partial charge in [-0.25, -0.2) is 0 Å². The lowest BCUT2D eigenvalue weighted by Crippen LogP contribution is -2.52. The lowest BCUT2D eigenvalue weighted by atomic mass is 9.87. The largest absolute Gasteiger partial charge is 0.481 e. The quantitative estimate of drug-likeness (QED) is 0.0401. The molecule has 12 nitrogen and oxygen atoms in total. The van der Waals surface area contributed by atoms with Crippen molar-refractivity contribution in [1.82, 2.24) is 10.6 Å². The Morgan fingerprint density at radius 3 is 2.09 bits per heavy atom. The maximum absolute atomic E-state index is 14.0. The summed E-state index contributed by atoms with van der Waals surface area (Å²) in [5.41, 5.74) is -0.304. The molecule has 0 spiro atoms. The van der Waals surface area contributed by atoms with Crippen LogP contribution >= 0.6 is 0 Å². The summed E-state index contributed by atoms with van der Waals surface area (Å²) in [6.07, 6.45) is 13.2. The number of allylic oxidation sites excluding steroid dienone is 1. The van der Waals surface area contributed by atoms with E-state index in [1.165, 1.54) is 32.4 Å². The van der Waals surface area contributed by atoms with Crippen LogP contribution in [0.3, 0.4) is 0 Å². The first kappa shape index (κ1) is 47.4. The number of carboxylic acid groups (broad SMARTS) is 1. The number of carboxylic acids is 1. The van der Waals surface area contributed by atoms with Crippen LogP contribution in [0.4, 0.5) is 0 Å². The van der Waals surface area contributed by atoms with Gasteiger partial charge < -0.3 is 30.0 Å². The summed E-state index contributed by atoms with van der Waals surface area (Å²) < 4.78 is 15.7. The van der Waals surface area contributed by atoms with Crippen LogP contribution in [0.5, 0.6) is 5.75 Å². The van der Waals surface area contributed by atoms with Gasteiger partial charge in [0.1, 0.15) is 36.3 Å². The van der Waals surface area contributed by atoms with Gasteiger partial charge in [-0.2, -0.15) is 0 Å². The van der Waals surface area contributed by atoms with Gasteiger partial charge >= 0.3 is 17.9 Å². The topological polar surface area (TPSA) is 174 Å². The van der Waals surface area contributed by atoms with Crippen molar-refractivity contribution < 1.29 is 48.1 Å². The number of unbranched alkanes of at least 4 members (excludes halogenated alkanes) is 8. The van der Waals surface area contributed by atoms with Crippen molar-refractivity contribution in [2.24, 2.45) is 11.8 Å². The maximum atomic E-state index is 14.0. The highest BCUT2D eigenvalue weighted by molar-refractivity contribution is 5.93. The molecule has 1 aromatic rings. The fourth-order valence-electron chi connectivity index (χ4n) is 5.54. The van der Waals surface area contributed by atoms with Gasteiger partial charge in [0.05, 0.1) is 25.4 Å². The molecule has 0 radical (unpaired) electrons. The molecule has 0 aliphatic carbocycles. The fraction of sp³-hybridized carbons (Fsp3) is 0.619. The van der Waals surface area contributed by atoms with E-state index in [1.54, 1.807) is 58.0 Å². The van der Waals surface area contributed by atoms with E-state index in [0.29, 0.717) is 36.4 Å². The number of Topliss-reactive ketones (excluding diaryl/α,β-unsaturated/α-hetero) is 1. The summed E-state index contributed by atoms with van der Waals surface area (Å²) in [7, 11) is 1.18. The van der Waals surface area contributed by atoms with Gasteiger partial charge in [0.2, 0.25) is 11.8 Å². The number of ketones is 1. The van der Waals surface area contributed by atoms with Gasteiger partial charge in [-0.1, -0.05) is 75.7 Å². The Labute approximate surface area is 321 Å². The third-order valence-corrected chi connectivity index (χ3v) is 8.44. The van der Waals surface area contributed by atoms with Crippen LogP contribution in [0, 0.1) is 23.7 Å². The number of methoxy groups -OCH3 is 1. The van der Waals surface area contributed by atoms with E-state index in [0.717, 1.165) is 38.5 Å². The van der Waals surface area contributed by atoms with Crippen molar-refractivity contribution in [2.75, 3.05) is 20.3 Å². The number of hydrogen-bond donors (Lipinski definition) is 3. The second kappa shape index (κ2) is 27.0. The van der Waals surface area contributed by atoms with Crippen LogP contribution in [0.25, 0.3) is 0 Å². The Morgan fingerprint density at radius 1 is 0.889 bits per heavy atom. The second-order valence-electron chi connectivity index (χ2n) is 14.3. The molecule has 1 aromatic carbocycles. The number of ether oxygens (including phenoxy) is 3. The summed E-state index contributed by atoms with van der Waals surface area (Å²) >= 11 is 0. The number of benzene rings is 1. The van der Waals surface area contributed by atoms with E-state index < -0.39 is 66.2 Å². The Morgan fingerprint density at radius 2 is 1.52 bits per heavy atom. The Hall–Kier alpha value is -4.66. The zero-order valence-electron chi connectivity index (χ0n) is 33.1. The average Bonchev–Trinajstić information content (AvgIpc) is 3.11. The molecule has 0 saturated carbocycles. The smallest absolute Gasteiger partial charge is 0.325 e. The first-order valence-corrected chi connectivity index (χ1v) is 19.1. The van der Waals surface area contributed by atoms with Crippen LogP contribution < -0.4 is 15.4 Å². The SMILES string of the molecule is CC#CCOc1ccc(C[C@H](NC(=O)[C@@H](/C=C/CCCCCCC(=O)CCCCCCC)[C@@H](CC(=O)O)C(=O)OC(C)(C)C)C(=O)NCC(=O)OC)cc1. The molecule has 0 fully saturated rings. The molecule has 0 aromatic heterocycles. The van der Waals surface area contributed by atoms with Crippen molar-refractivity contribution in [3.63, 3.8) is 0 Å². The van der Waals surface area contributed by atoms with Crippen molar-refractivity contribution >= 4 is 35.5 Å². The molecule has 1 rings (SSSR count). The summed E-state index contributed by atoms with van der Waals surface area (Å²) in [6, 6.07) is 5.62. The molecule has 0 aliphatic heterocycles. The highest BCUT2D eigenvalue weighted by Crippen LogP contribution is 2.25. The average molecular weight is 755 g/mol. The van der Waals surface area contributed by atoms with Crippen LogP contribution in [0.2, 0.25) is 0 Å². The monoisotopic (exact) mass is 754 g/mol. The molecule has 0 aliphatic rings. The first-order chi connectivity index (χ1) is 25.7. The normalized spacial score (nSPS) is 12.8. The van der Waals surface area contributed by atoms with E-state index in [2.05, 4.69) is 34.1 Å². The summed E-state index contributed by atoms with van der Waals surface area (Å²) in [6.45, 7) is 8.56. The maximum Gasteiger partial charge on any atom is 0.325 e. The number of rotatable bonds is 27. The zero-order chi connectivity index (χ0) is 40.4. The summed E-state index contributed by atoms with van der Waals surface area (Å²) in [4.78, 5) is 76.8. The number of amides is 2. The van der Waals surface area contributed by atoms with Crippen molar-refractivity contribution in [2.45, 2.75) is 136 Å². The molecule has 300 valence electrons. The van der Waals surface area contributed by atoms with Gasteiger partial charge in [-0.05, 0) is 71.1 Å². The van der Waals surface area contributed by atoms with Crippen LogP contribution in [-0.2, 0) is 44.7 Å². The summed E-state index contributed by atoms with van der Waals surface area (Å²) in [5.74, 6) is -0.580. The van der Waals surface area contributed by atoms with E-state index >= 15 is 0 Å². The molecule has 0 heterocycles. The van der Waals surface area contributed by atoms with Gasteiger partial charge in [-0.15, -0.1) is 5.92 Å². The number of carbonyl (C=O) groups is 6. The lowest BCUT2D eigenvalue weighted by Gasteiger charge is -2.28. The van der Waals surface area contributed by atoms with Gasteiger partial charge in [0, 0.05) is 19.3 Å². The number of carbonyl (C=O) groups excluding carboxylic acids is 5.